The molecule has 0 heterocycles. The van der Waals surface area contributed by atoms with E-state index in [0.717, 1.165) is 0 Å². The Bertz CT molecular complexity index is 323. The average Bonchev–Trinajstić information content (AvgIpc) is 2.83. The predicted molar refractivity (Wildman–Crippen MR) is 153 cm³/mol. The lowest BCUT2D eigenvalue weighted by atomic mass is 10.0. The molecule has 0 atom stereocenters. The highest BCUT2D eigenvalue weighted by Gasteiger charge is 2.25. The minimum atomic E-state index is 0. The summed E-state index contributed by atoms with van der Waals surface area (Å²) in [6.07, 6.45) is 34.8. The second-order valence-corrected chi connectivity index (χ2v) is 11.3. The molecule has 2 heteroatoms. The summed E-state index contributed by atoms with van der Waals surface area (Å²) in [5, 5.41) is 0. The minimum Gasteiger partial charge on any atom is -1.00 e. The first-order chi connectivity index (χ1) is 16.2. The molecule has 0 aromatic rings. The van der Waals surface area contributed by atoms with Gasteiger partial charge in [-0.25, -0.2) is 0 Å². The molecule has 0 saturated carbocycles. The summed E-state index contributed by atoms with van der Waals surface area (Å²) in [6, 6.07) is 0. The fourth-order valence-electron chi connectivity index (χ4n) is 5.58. The fourth-order valence-corrected chi connectivity index (χ4v) is 5.58. The van der Waals surface area contributed by atoms with Crippen molar-refractivity contribution >= 4 is 0 Å². The summed E-state index contributed by atoms with van der Waals surface area (Å²) in [5.41, 5.74) is 0. The van der Waals surface area contributed by atoms with Gasteiger partial charge in [0.2, 0.25) is 0 Å². The van der Waals surface area contributed by atoms with E-state index in [0.29, 0.717) is 0 Å². The molecule has 0 N–H and O–H groups in total. The summed E-state index contributed by atoms with van der Waals surface area (Å²) >= 11 is 0. The number of hydrogen-bond acceptors (Lipinski definition) is 0. The van der Waals surface area contributed by atoms with E-state index in [1.54, 1.807) is 0 Å². The highest BCUT2D eigenvalue weighted by Crippen LogP contribution is 2.20. The monoisotopic (exact) mass is 593 g/mol. The lowest BCUT2D eigenvalue weighted by Gasteiger charge is -2.39. The zero-order chi connectivity index (χ0) is 24.3. The van der Waals surface area contributed by atoms with Crippen molar-refractivity contribution in [3.8, 4) is 0 Å². The van der Waals surface area contributed by atoms with Crippen LogP contribution in [0.2, 0.25) is 0 Å². The number of rotatable bonds is 28. The first kappa shape index (κ1) is 36.8. The second-order valence-electron chi connectivity index (χ2n) is 11.3. The van der Waals surface area contributed by atoms with Gasteiger partial charge in [-0.1, -0.05) is 130 Å². The van der Waals surface area contributed by atoms with Crippen LogP contribution in [0.25, 0.3) is 0 Å². The molecule has 0 radical (unpaired) electrons. The van der Waals surface area contributed by atoms with Crippen LogP contribution in [0.5, 0.6) is 0 Å². The molecule has 0 aromatic carbocycles. The topological polar surface area (TPSA) is 0 Å². The van der Waals surface area contributed by atoms with Crippen LogP contribution in [0.4, 0.5) is 0 Å². The number of halogens is 1. The van der Waals surface area contributed by atoms with Crippen LogP contribution in [0.15, 0.2) is 0 Å². The lowest BCUT2D eigenvalue weighted by Crippen LogP contribution is -3.00. The van der Waals surface area contributed by atoms with E-state index in [-0.39, 0.29) is 24.0 Å². The van der Waals surface area contributed by atoms with Crippen LogP contribution in [0.3, 0.4) is 0 Å². The normalized spacial score (nSPS) is 11.6. The number of hydrogen-bond donors (Lipinski definition) is 0. The smallest absolute Gasteiger partial charge is 0.0786 e. The summed E-state index contributed by atoms with van der Waals surface area (Å²) < 4.78 is 1.47. The number of unbranched alkanes of at least 4 members (excludes halogenated alkanes) is 20. The second kappa shape index (κ2) is 29.9. The van der Waals surface area contributed by atoms with E-state index >= 15 is 0 Å². The number of nitrogens with zero attached hydrogens (tertiary/aromatic N) is 1. The highest BCUT2D eigenvalue weighted by molar-refractivity contribution is 4.54. The van der Waals surface area contributed by atoms with Gasteiger partial charge in [-0.3, -0.25) is 0 Å². The molecule has 0 fully saturated rings. The molecule has 0 rings (SSSR count). The van der Waals surface area contributed by atoms with E-state index in [2.05, 4.69) is 27.7 Å². The molecule has 0 aliphatic rings. The maximum absolute atomic E-state index is 2.36. The van der Waals surface area contributed by atoms with Crippen molar-refractivity contribution in [2.24, 2.45) is 0 Å². The quantitative estimate of drug-likeness (QED) is 0.0487. The van der Waals surface area contributed by atoms with Crippen molar-refractivity contribution < 1.29 is 28.5 Å². The molecule has 0 saturated heterocycles. The molecule has 0 aromatic heterocycles. The third kappa shape index (κ3) is 24.4. The Morgan fingerprint density at radius 3 is 0.676 bits per heavy atom. The summed E-state index contributed by atoms with van der Waals surface area (Å²) in [7, 11) is 0. The van der Waals surface area contributed by atoms with Gasteiger partial charge in [0, 0.05) is 0 Å². The van der Waals surface area contributed by atoms with Gasteiger partial charge < -0.3 is 28.5 Å². The van der Waals surface area contributed by atoms with Gasteiger partial charge in [0.1, 0.15) is 0 Å². The Morgan fingerprint density at radius 2 is 0.441 bits per heavy atom. The van der Waals surface area contributed by atoms with Crippen LogP contribution in [0, 0.1) is 0 Å². The van der Waals surface area contributed by atoms with E-state index in [9.17, 15) is 0 Å². The van der Waals surface area contributed by atoms with Crippen LogP contribution < -0.4 is 24.0 Å². The van der Waals surface area contributed by atoms with Crippen LogP contribution in [0.1, 0.15) is 182 Å². The zero-order valence-electron chi connectivity index (χ0n) is 24.6. The van der Waals surface area contributed by atoms with Crippen molar-refractivity contribution in [3.05, 3.63) is 0 Å². The Hall–Kier alpha value is 0.690. The molecule has 34 heavy (non-hydrogen) atoms. The van der Waals surface area contributed by atoms with Crippen molar-refractivity contribution in [2.45, 2.75) is 182 Å². The lowest BCUT2D eigenvalue weighted by molar-refractivity contribution is -0.929. The van der Waals surface area contributed by atoms with E-state index < -0.39 is 0 Å². The molecular formula is C32H68IN. The van der Waals surface area contributed by atoms with Gasteiger partial charge >= 0.3 is 0 Å². The maximum atomic E-state index is 2.36. The third-order valence-corrected chi connectivity index (χ3v) is 7.94. The summed E-state index contributed by atoms with van der Waals surface area (Å²) in [6.45, 7) is 15.3. The SMILES string of the molecule is CCCCCCCCCC[N+](CCCCCC)(CCCCCC)CCCCCCCCCC.[I-]. The molecule has 0 amide bonds. The highest BCUT2D eigenvalue weighted by atomic mass is 127. The molecular weight excluding hydrogens is 525 g/mol. The van der Waals surface area contributed by atoms with Crippen LogP contribution in [-0.2, 0) is 0 Å². The van der Waals surface area contributed by atoms with Gasteiger partial charge in [-0.15, -0.1) is 0 Å². The van der Waals surface area contributed by atoms with Gasteiger partial charge in [0.15, 0.2) is 0 Å². The molecule has 0 bridgehead atoms. The standard InChI is InChI=1S/C32H68N.HI/c1-5-9-13-17-19-21-23-27-31-33(29-25-15-11-7-3,30-26-16-12-8-4)32-28-24-22-20-18-14-10-6-2;/h5-32H2,1-4H3;1H/q+1;/p-1. The molecule has 208 valence electrons. The van der Waals surface area contributed by atoms with Crippen molar-refractivity contribution in [1.82, 2.24) is 0 Å². The largest absolute Gasteiger partial charge is 1.00 e. The zero-order valence-corrected chi connectivity index (χ0v) is 26.8. The van der Waals surface area contributed by atoms with Crippen LogP contribution in [-0.4, -0.2) is 30.7 Å². The van der Waals surface area contributed by atoms with Crippen molar-refractivity contribution in [3.63, 3.8) is 0 Å². The van der Waals surface area contributed by atoms with Crippen molar-refractivity contribution in [1.29, 1.82) is 0 Å². The van der Waals surface area contributed by atoms with E-state index in [4.69, 9.17) is 0 Å². The van der Waals surface area contributed by atoms with Crippen LogP contribution >= 0.6 is 0 Å². The Kier molecular flexibility index (Phi) is 32.4. The Morgan fingerprint density at radius 1 is 0.265 bits per heavy atom. The molecule has 0 unspecified atom stereocenters. The first-order valence-electron chi connectivity index (χ1n) is 16.1. The van der Waals surface area contributed by atoms with Gasteiger partial charge in [-0.2, -0.15) is 0 Å². The average molecular weight is 594 g/mol. The summed E-state index contributed by atoms with van der Waals surface area (Å²) in [5.74, 6) is 0. The molecule has 0 aliphatic heterocycles. The van der Waals surface area contributed by atoms with E-state index in [1.165, 1.54) is 185 Å². The number of quaternary nitrogens is 1. The molecule has 0 spiro atoms. The van der Waals surface area contributed by atoms with E-state index in [1.807, 2.05) is 0 Å². The molecule has 0 aliphatic carbocycles. The molecule has 1 nitrogen and oxygen atoms in total. The van der Waals surface area contributed by atoms with Gasteiger partial charge in [0.05, 0.1) is 26.2 Å². The van der Waals surface area contributed by atoms with Crippen molar-refractivity contribution in [2.75, 3.05) is 26.2 Å². The minimum absolute atomic E-state index is 0. The fraction of sp³-hybridized carbons (Fsp3) is 1.00. The first-order valence-corrected chi connectivity index (χ1v) is 16.1. The summed E-state index contributed by atoms with van der Waals surface area (Å²) in [4.78, 5) is 0. The third-order valence-electron chi connectivity index (χ3n) is 7.94. The maximum Gasteiger partial charge on any atom is 0.0786 e. The Balaban J connectivity index is 0. The Labute approximate surface area is 235 Å². The van der Waals surface area contributed by atoms with Gasteiger partial charge in [-0.05, 0) is 51.4 Å². The van der Waals surface area contributed by atoms with Gasteiger partial charge in [0.25, 0.3) is 0 Å². The predicted octanol–water partition coefficient (Wildman–Crippen LogP) is 8.25.